The van der Waals surface area contributed by atoms with Gasteiger partial charge in [-0.15, -0.1) is 34.0 Å². The zero-order chi connectivity index (χ0) is 17.0. The van der Waals surface area contributed by atoms with Crippen LogP contribution in [0.5, 0.6) is 0 Å². The monoisotopic (exact) mass is 376 g/mol. The highest BCUT2D eigenvalue weighted by molar-refractivity contribution is 7.25. The van der Waals surface area contributed by atoms with Crippen LogP contribution in [-0.4, -0.2) is 0 Å². The van der Waals surface area contributed by atoms with E-state index < -0.39 is 0 Å². The summed E-state index contributed by atoms with van der Waals surface area (Å²) in [6.07, 6.45) is 0. The number of fused-ring (bicyclic) bond motifs is 3. The van der Waals surface area contributed by atoms with Gasteiger partial charge in [-0.1, -0.05) is 12.1 Å². The van der Waals surface area contributed by atoms with Crippen LogP contribution in [0.15, 0.2) is 59.3 Å². The Kier molecular flexibility index (Phi) is 3.56. The Balaban J connectivity index is 1.72. The van der Waals surface area contributed by atoms with Gasteiger partial charge in [0.05, 0.1) is 0 Å². The zero-order valence-corrected chi connectivity index (χ0v) is 16.4. The first-order valence-corrected chi connectivity index (χ1v) is 10.8. The van der Waals surface area contributed by atoms with E-state index in [4.69, 9.17) is 0 Å². The lowest BCUT2D eigenvalue weighted by molar-refractivity contribution is 1.55. The summed E-state index contributed by atoms with van der Waals surface area (Å²) in [6.45, 7) is 4.32. The van der Waals surface area contributed by atoms with Gasteiger partial charge in [0, 0.05) is 29.9 Å². The normalized spacial score (nSPS) is 11.6. The Morgan fingerprint density at radius 1 is 0.600 bits per heavy atom. The molecule has 0 saturated heterocycles. The van der Waals surface area contributed by atoms with Crippen molar-refractivity contribution in [1.29, 1.82) is 0 Å². The minimum absolute atomic E-state index is 1.32. The van der Waals surface area contributed by atoms with E-state index in [1.54, 1.807) is 0 Å². The lowest BCUT2D eigenvalue weighted by Gasteiger charge is -2.00. The summed E-state index contributed by atoms with van der Waals surface area (Å²) >= 11 is 5.54. The molecule has 25 heavy (non-hydrogen) atoms. The summed E-state index contributed by atoms with van der Waals surface area (Å²) in [5.74, 6) is 0. The summed E-state index contributed by atoms with van der Waals surface area (Å²) in [5, 5.41) is 7.20. The van der Waals surface area contributed by atoms with Crippen LogP contribution < -0.4 is 0 Å². The molecule has 0 amide bonds. The maximum absolute atomic E-state index is 2.36. The van der Waals surface area contributed by atoms with Gasteiger partial charge in [0.15, 0.2) is 0 Å². The molecule has 0 aliphatic rings. The maximum Gasteiger partial charge on any atom is 0.0355 e. The molecule has 2 aromatic carbocycles. The molecule has 3 aromatic heterocycles. The molecule has 3 heteroatoms. The molecule has 0 nitrogen and oxygen atoms in total. The minimum atomic E-state index is 1.32. The molecule has 0 aliphatic carbocycles. The molecule has 5 aromatic rings. The third-order valence-corrected chi connectivity index (χ3v) is 7.85. The van der Waals surface area contributed by atoms with Crippen LogP contribution in [0.1, 0.15) is 11.1 Å². The molecule has 0 atom stereocenters. The zero-order valence-electron chi connectivity index (χ0n) is 14.0. The Morgan fingerprint density at radius 2 is 1.08 bits per heavy atom. The summed E-state index contributed by atoms with van der Waals surface area (Å²) in [5.41, 5.74) is 5.32. The topological polar surface area (TPSA) is 0 Å². The second-order valence-corrected chi connectivity index (χ2v) is 9.41. The Morgan fingerprint density at radius 3 is 1.48 bits per heavy atom. The van der Waals surface area contributed by atoms with Crippen molar-refractivity contribution in [2.24, 2.45) is 0 Å². The quantitative estimate of drug-likeness (QED) is 0.292. The minimum Gasteiger partial charge on any atom is -0.144 e. The molecule has 0 saturated carbocycles. The first-order valence-electron chi connectivity index (χ1n) is 8.25. The number of benzene rings is 2. The highest BCUT2D eigenvalue weighted by Crippen LogP contribution is 2.40. The third kappa shape index (κ3) is 2.63. The van der Waals surface area contributed by atoms with Crippen molar-refractivity contribution in [3.8, 4) is 20.9 Å². The van der Waals surface area contributed by atoms with Crippen LogP contribution in [0.2, 0.25) is 0 Å². The van der Waals surface area contributed by atoms with Crippen molar-refractivity contribution in [2.75, 3.05) is 0 Å². The summed E-state index contributed by atoms with van der Waals surface area (Å²) in [4.78, 5) is 2.70. The van der Waals surface area contributed by atoms with Crippen LogP contribution >= 0.6 is 34.0 Å². The second-order valence-electron chi connectivity index (χ2n) is 6.50. The van der Waals surface area contributed by atoms with Gasteiger partial charge < -0.3 is 0 Å². The SMILES string of the molecule is Cc1csc(-c2ccc3sc4ccc(-c5cc(C)cs5)cc4c3c2)c1. The summed E-state index contributed by atoms with van der Waals surface area (Å²) in [6, 6.07) is 18.4. The highest BCUT2D eigenvalue weighted by atomic mass is 32.1. The van der Waals surface area contributed by atoms with E-state index in [0.717, 1.165) is 0 Å². The van der Waals surface area contributed by atoms with Crippen LogP contribution in [0, 0.1) is 13.8 Å². The number of aryl methyl sites for hydroxylation is 2. The van der Waals surface area contributed by atoms with E-state index in [0.29, 0.717) is 0 Å². The molecule has 5 rings (SSSR count). The van der Waals surface area contributed by atoms with Crippen molar-refractivity contribution in [1.82, 2.24) is 0 Å². The maximum atomic E-state index is 2.36. The molecule has 0 bridgehead atoms. The smallest absolute Gasteiger partial charge is 0.0355 e. The lowest BCUT2D eigenvalue weighted by atomic mass is 10.1. The second kappa shape index (κ2) is 5.80. The summed E-state index contributed by atoms with van der Waals surface area (Å²) in [7, 11) is 0. The Bertz CT molecular complexity index is 1120. The predicted octanol–water partition coefficient (Wildman–Crippen LogP) is 8.13. The van der Waals surface area contributed by atoms with Gasteiger partial charge in [0.1, 0.15) is 0 Å². The number of thiophene rings is 3. The fraction of sp³-hybridized carbons (Fsp3) is 0.0909. The number of rotatable bonds is 2. The molecule has 0 spiro atoms. The largest absolute Gasteiger partial charge is 0.144 e. The molecule has 0 N–H and O–H groups in total. The fourth-order valence-corrected chi connectivity index (χ4v) is 6.11. The molecular formula is C22H16S3. The van der Waals surface area contributed by atoms with Gasteiger partial charge in [0.25, 0.3) is 0 Å². The first kappa shape index (κ1) is 15.3. The third-order valence-electron chi connectivity index (χ3n) is 4.50. The van der Waals surface area contributed by atoms with Crippen molar-refractivity contribution in [3.63, 3.8) is 0 Å². The van der Waals surface area contributed by atoms with Gasteiger partial charge in [0.2, 0.25) is 0 Å². The van der Waals surface area contributed by atoms with Crippen molar-refractivity contribution >= 4 is 54.2 Å². The molecule has 0 aliphatic heterocycles. The van der Waals surface area contributed by atoms with E-state index in [1.165, 1.54) is 52.2 Å². The van der Waals surface area contributed by atoms with E-state index in [-0.39, 0.29) is 0 Å². The van der Waals surface area contributed by atoms with E-state index >= 15 is 0 Å². The fourth-order valence-electron chi connectivity index (χ4n) is 3.25. The Labute approximate surface area is 159 Å². The van der Waals surface area contributed by atoms with Crippen molar-refractivity contribution < 1.29 is 0 Å². The lowest BCUT2D eigenvalue weighted by Crippen LogP contribution is -1.74. The van der Waals surface area contributed by atoms with Crippen LogP contribution in [0.4, 0.5) is 0 Å². The Hall–Kier alpha value is -1.94. The highest BCUT2D eigenvalue weighted by Gasteiger charge is 2.10. The average molecular weight is 377 g/mol. The van der Waals surface area contributed by atoms with Crippen LogP contribution in [0.25, 0.3) is 41.1 Å². The molecular weight excluding hydrogens is 360 g/mol. The van der Waals surface area contributed by atoms with Gasteiger partial charge in [-0.05, 0) is 83.3 Å². The average Bonchev–Trinajstić information content (AvgIpc) is 3.32. The first-order chi connectivity index (χ1) is 12.2. The number of hydrogen-bond acceptors (Lipinski definition) is 3. The summed E-state index contributed by atoms with van der Waals surface area (Å²) < 4.78 is 2.73. The van der Waals surface area contributed by atoms with Gasteiger partial charge in [-0.25, -0.2) is 0 Å². The molecule has 0 unspecified atom stereocenters. The molecule has 3 heterocycles. The molecule has 0 radical (unpaired) electrons. The predicted molar refractivity (Wildman–Crippen MR) is 115 cm³/mol. The van der Waals surface area contributed by atoms with Gasteiger partial charge in [-0.3, -0.25) is 0 Å². The van der Waals surface area contributed by atoms with E-state index in [9.17, 15) is 0 Å². The molecule has 122 valence electrons. The van der Waals surface area contributed by atoms with Crippen LogP contribution in [-0.2, 0) is 0 Å². The van der Waals surface area contributed by atoms with E-state index in [2.05, 4.69) is 73.1 Å². The number of hydrogen-bond donors (Lipinski definition) is 0. The van der Waals surface area contributed by atoms with E-state index in [1.807, 2.05) is 34.0 Å². The van der Waals surface area contributed by atoms with Crippen molar-refractivity contribution in [3.05, 3.63) is 70.4 Å². The van der Waals surface area contributed by atoms with Gasteiger partial charge in [-0.2, -0.15) is 0 Å². The standard InChI is InChI=1S/C22H16S3/c1-13-7-21(23-11-13)15-3-5-19-17(9-15)18-10-16(4-6-20(18)25-19)22-8-14(2)12-24-22/h3-12H,1-2H3. The van der Waals surface area contributed by atoms with Crippen molar-refractivity contribution in [2.45, 2.75) is 13.8 Å². The van der Waals surface area contributed by atoms with Crippen LogP contribution in [0.3, 0.4) is 0 Å². The van der Waals surface area contributed by atoms with Gasteiger partial charge >= 0.3 is 0 Å². The molecule has 0 fully saturated rings.